The zero-order valence-electron chi connectivity index (χ0n) is 86.0. The highest BCUT2D eigenvalue weighted by molar-refractivity contribution is 6.19. The summed E-state index contributed by atoms with van der Waals surface area (Å²) in [5.41, 5.74) is 34.3. The summed E-state index contributed by atoms with van der Waals surface area (Å²) in [6, 6.07) is 156. The van der Waals surface area contributed by atoms with Gasteiger partial charge in [0.05, 0.1) is 66.2 Å². The van der Waals surface area contributed by atoms with Crippen molar-refractivity contribution < 1.29 is 0 Å². The molecule has 28 aromatic rings. The van der Waals surface area contributed by atoms with Gasteiger partial charge >= 0.3 is 0 Å². The Labute approximate surface area is 872 Å². The van der Waals surface area contributed by atoms with Gasteiger partial charge < -0.3 is 41.1 Å². The quantitative estimate of drug-likeness (QED) is 0.117. The van der Waals surface area contributed by atoms with Gasteiger partial charge in [0.25, 0.3) is 0 Å². The molecule has 9 aromatic heterocycles. The van der Waals surface area contributed by atoms with Crippen LogP contribution in [0.3, 0.4) is 0 Å². The van der Waals surface area contributed by atoms with Crippen molar-refractivity contribution in [2.24, 2.45) is 35.5 Å². The van der Waals surface area contributed by atoms with Crippen molar-refractivity contribution in [3.63, 3.8) is 0 Å². The maximum atomic E-state index is 2.73. The van der Waals surface area contributed by atoms with Crippen molar-refractivity contribution in [2.75, 3.05) is 0 Å². The van der Waals surface area contributed by atoms with Crippen molar-refractivity contribution in [1.82, 2.24) is 41.1 Å². The zero-order valence-corrected chi connectivity index (χ0v) is 86.0. The summed E-state index contributed by atoms with van der Waals surface area (Å²) in [4.78, 5) is 0. The first-order valence-corrected chi connectivity index (χ1v) is 54.9. The third-order valence-electron chi connectivity index (χ3n) is 35.6. The third-order valence-corrected chi connectivity index (χ3v) is 35.6. The van der Waals surface area contributed by atoms with Gasteiger partial charge in [0, 0.05) is 184 Å². The lowest BCUT2D eigenvalue weighted by atomic mass is 9.52. The second kappa shape index (κ2) is 34.5. The molecule has 0 aliphatic heterocycles. The van der Waals surface area contributed by atoms with Crippen molar-refractivity contribution in [3.8, 4) is 34.1 Å². The van der Waals surface area contributed by atoms with Crippen LogP contribution in [0.4, 0.5) is 0 Å². The van der Waals surface area contributed by atoms with E-state index in [0.717, 1.165) is 55.1 Å². The monoisotopic (exact) mass is 1940 g/mol. The van der Waals surface area contributed by atoms with E-state index in [0.29, 0.717) is 0 Å². The van der Waals surface area contributed by atoms with E-state index in [1.165, 1.54) is 311 Å². The summed E-state index contributed by atoms with van der Waals surface area (Å²) < 4.78 is 22.6. The van der Waals surface area contributed by atoms with E-state index in [4.69, 9.17) is 0 Å². The minimum Gasteiger partial charge on any atom is -0.340 e. The SMILES string of the molecule is CC(C)(C)c1cc(Cn2c3ccc(-n4c5ccccc5c5ccccc54)cc3c3cc(-n4c5ccccc5c5ccccc54)ccc32)cc(C(C)(C)C)c1.c1ccc2c(c1)c1ccccc1n2-c1ccc2c(c1)c1cc(-n3c4ccccc4c4ccccc43)ccc1n2CC1C2CC3CC(C2)CC1C3.c1ccc2c(c1)c1ccccc1n2-c1ccc2c(c1)c1cc(-n3c4ccccc4c4ccccc43)ccc1n2CC1CCCCC1. The molecule has 9 heteroatoms. The number of nitrogens with zero attached hydrogens (tertiary/aromatic N) is 9. The normalized spacial score (nSPS) is 16.7. The van der Waals surface area contributed by atoms with Crippen LogP contribution in [0.15, 0.2) is 419 Å². The van der Waals surface area contributed by atoms with Crippen LogP contribution in [0.5, 0.6) is 0 Å². The molecule has 4 bridgehead atoms. The van der Waals surface area contributed by atoms with Crippen LogP contribution in [0.25, 0.3) is 230 Å². The lowest BCUT2D eigenvalue weighted by Crippen LogP contribution is -2.46. The van der Waals surface area contributed by atoms with Gasteiger partial charge in [0.2, 0.25) is 0 Å². The molecule has 0 amide bonds. The highest BCUT2D eigenvalue weighted by atomic mass is 15.1. The third kappa shape index (κ3) is 14.1. The maximum Gasteiger partial charge on any atom is 0.0541 e. The summed E-state index contributed by atoms with van der Waals surface area (Å²) in [6.45, 7) is 17.0. The summed E-state index contributed by atoms with van der Waals surface area (Å²) in [6.07, 6.45) is 14.1. The largest absolute Gasteiger partial charge is 0.340 e. The van der Waals surface area contributed by atoms with Crippen LogP contribution in [-0.2, 0) is 30.5 Å². The Morgan fingerprint density at radius 2 is 0.400 bits per heavy atom. The molecule has 150 heavy (non-hydrogen) atoms. The van der Waals surface area contributed by atoms with Crippen LogP contribution < -0.4 is 0 Å². The molecule has 0 atom stereocenters. The Balaban J connectivity index is 0.000000104. The van der Waals surface area contributed by atoms with E-state index in [-0.39, 0.29) is 10.8 Å². The first kappa shape index (κ1) is 88.6. The second-order valence-corrected chi connectivity index (χ2v) is 46.3. The summed E-state index contributed by atoms with van der Waals surface area (Å²) in [5.74, 6) is 5.31. The van der Waals surface area contributed by atoms with Gasteiger partial charge in [-0.15, -0.1) is 0 Å². The standard InChI is InChI=1S/C51H45N3.C47H39N3.C43H35N3/c1-50(2,3)34-27-33(28-35(29-34)51(4,5)6)32-52-44-25-23-36(53-46-19-11-7-15-38(46)39-16-8-12-20-47(39)53)30-42(44)43-31-37(24-26-45(43)52)54-48-21-13-9-17-40(48)41-18-10-14-22-49(41)54;1-5-13-44-35(9-1)36-10-2-6-14-45(36)49(44)33-17-19-42-39(26-33)40-27-34(50-46-15-7-3-11-37(46)38-12-4-8-16-47(38)50)18-20-43(40)48(42)28-41-31-22-29-21-30(24-31)25-32(41)23-29;1-2-12-29(13-3-1)28-44-38-24-22-30(45-40-18-8-4-14-32(40)33-15-5-9-19-41(33)45)26-36(38)37-27-31(23-25-39(37)44)46-42-20-10-6-16-34(42)35-17-7-11-21-43(35)46/h7-31H,32H2,1-6H3;1-20,26-27,29-32,41H,21-25,28H2;4-11,14-27,29H,1-3,12-13,28H2. The van der Waals surface area contributed by atoms with Gasteiger partial charge in [-0.3, -0.25) is 0 Å². The Kier molecular flexibility index (Phi) is 20.4. The molecule has 0 spiro atoms. The van der Waals surface area contributed by atoms with Gasteiger partial charge in [0.15, 0.2) is 0 Å². The van der Waals surface area contributed by atoms with Gasteiger partial charge in [-0.05, 0) is 290 Å². The summed E-state index contributed by atoms with van der Waals surface area (Å²) in [7, 11) is 0. The number of para-hydroxylation sites is 12. The van der Waals surface area contributed by atoms with Crippen LogP contribution in [0.2, 0.25) is 0 Å². The van der Waals surface area contributed by atoms with Crippen molar-refractivity contribution in [3.05, 3.63) is 435 Å². The minimum atomic E-state index is 0.0469. The Morgan fingerprint density at radius 3 is 0.620 bits per heavy atom. The molecule has 728 valence electrons. The Bertz CT molecular complexity index is 9490. The van der Waals surface area contributed by atoms with E-state index in [1.807, 2.05) is 0 Å². The topological polar surface area (TPSA) is 44.4 Å². The lowest BCUT2D eigenvalue weighted by molar-refractivity contribution is -0.0421. The fourth-order valence-corrected chi connectivity index (χ4v) is 28.8. The molecule has 5 aliphatic carbocycles. The Hall–Kier alpha value is -16.6. The number of hydrogen-bond acceptors (Lipinski definition) is 0. The fraction of sp³-hybridized carbons (Fsp3) is 0.191. The van der Waals surface area contributed by atoms with E-state index < -0.39 is 0 Å². The maximum absolute atomic E-state index is 2.73. The van der Waals surface area contributed by atoms with E-state index in [9.17, 15) is 0 Å². The smallest absolute Gasteiger partial charge is 0.0541 e. The zero-order chi connectivity index (χ0) is 99.6. The molecule has 5 fully saturated rings. The van der Waals surface area contributed by atoms with Crippen LogP contribution in [0.1, 0.15) is 122 Å². The molecule has 9 nitrogen and oxygen atoms in total. The van der Waals surface area contributed by atoms with Gasteiger partial charge in [0.1, 0.15) is 0 Å². The van der Waals surface area contributed by atoms with E-state index in [2.05, 4.69) is 501 Å². The van der Waals surface area contributed by atoms with Crippen LogP contribution >= 0.6 is 0 Å². The number of aromatic nitrogens is 9. The molecule has 19 aromatic carbocycles. The predicted octanol–water partition coefficient (Wildman–Crippen LogP) is 37.3. The van der Waals surface area contributed by atoms with Gasteiger partial charge in [-0.1, -0.05) is 297 Å². The van der Waals surface area contributed by atoms with E-state index in [1.54, 1.807) is 0 Å². The second-order valence-electron chi connectivity index (χ2n) is 46.3. The lowest BCUT2D eigenvalue weighted by Gasteiger charge is -2.54. The van der Waals surface area contributed by atoms with E-state index >= 15 is 0 Å². The summed E-state index contributed by atoms with van der Waals surface area (Å²) in [5, 5.41) is 23.4. The molecule has 0 saturated heterocycles. The van der Waals surface area contributed by atoms with Crippen molar-refractivity contribution in [1.29, 1.82) is 0 Å². The molecular formula is C141H119N9. The highest BCUT2D eigenvalue weighted by Crippen LogP contribution is 2.58. The van der Waals surface area contributed by atoms with Crippen molar-refractivity contribution >= 4 is 196 Å². The molecular weight excluding hydrogens is 1820 g/mol. The summed E-state index contributed by atoms with van der Waals surface area (Å²) >= 11 is 0. The number of benzene rings is 19. The van der Waals surface area contributed by atoms with Crippen molar-refractivity contribution in [2.45, 2.75) is 136 Å². The minimum absolute atomic E-state index is 0.0469. The average molecular weight is 1940 g/mol. The van der Waals surface area contributed by atoms with Gasteiger partial charge in [-0.25, -0.2) is 0 Å². The number of rotatable bonds is 12. The van der Waals surface area contributed by atoms with Gasteiger partial charge in [-0.2, -0.15) is 0 Å². The fourth-order valence-electron chi connectivity index (χ4n) is 28.8. The molecule has 0 N–H and O–H groups in total. The average Bonchev–Trinajstić information content (AvgIpc) is 1.59. The Morgan fingerprint density at radius 1 is 0.193 bits per heavy atom. The van der Waals surface area contributed by atoms with Crippen LogP contribution in [0, 0.1) is 35.5 Å². The molecule has 0 radical (unpaired) electrons. The molecule has 5 saturated carbocycles. The molecule has 5 aliphatic rings. The predicted molar refractivity (Wildman–Crippen MR) is 634 cm³/mol. The molecule has 0 unspecified atom stereocenters. The first-order chi connectivity index (χ1) is 73.6. The molecule has 33 rings (SSSR count). The first-order valence-electron chi connectivity index (χ1n) is 54.9. The molecule has 9 heterocycles. The highest BCUT2D eigenvalue weighted by Gasteiger charge is 2.48. The number of hydrogen-bond donors (Lipinski definition) is 0. The van der Waals surface area contributed by atoms with Crippen LogP contribution in [-0.4, -0.2) is 41.1 Å². The number of fused-ring (bicyclic) bond motifs is 27.